The van der Waals surface area contributed by atoms with Crippen molar-refractivity contribution in [2.75, 3.05) is 198 Å². The molecule has 44 heteroatoms. The van der Waals surface area contributed by atoms with Crippen LogP contribution in [-0.2, 0) is 133 Å². The normalized spacial score (nSPS) is 16.5. The molecule has 0 rings (SSSR count). The lowest BCUT2D eigenvalue weighted by Gasteiger charge is -2.33. The number of rotatable bonds is 57. The predicted molar refractivity (Wildman–Crippen MR) is 376 cm³/mol. The number of esters is 14. The van der Waals surface area contributed by atoms with E-state index in [0.29, 0.717) is 0 Å². The molecule has 16 N–H and O–H groups in total. The minimum Gasteiger partial charge on any atom is -0.464 e. The van der Waals surface area contributed by atoms with E-state index >= 15 is 0 Å². The third kappa shape index (κ3) is 28.9. The molecule has 0 aromatic heterocycles. The summed E-state index contributed by atoms with van der Waals surface area (Å²) in [5, 5.41) is 159. The van der Waals surface area contributed by atoms with Gasteiger partial charge in [0.25, 0.3) is 0 Å². The van der Waals surface area contributed by atoms with Crippen molar-refractivity contribution in [1.82, 2.24) is 0 Å². The average Bonchev–Trinajstić information content (AvgIpc) is 0.816. The monoisotopic (exact) mass is 1670 g/mol. The Morgan fingerprint density at radius 1 is 0.183 bits per heavy atom. The number of carbonyl (C=O) groups excluding carboxylic acids is 14. The van der Waals surface area contributed by atoms with Gasteiger partial charge in [0.2, 0.25) is 0 Å². The predicted octanol–water partition coefficient (Wildman–Crippen LogP) is -7.83. The van der Waals surface area contributed by atoms with E-state index in [2.05, 4.69) is 0 Å². The van der Waals surface area contributed by atoms with E-state index in [1.807, 2.05) is 0 Å². The molecule has 115 heavy (non-hydrogen) atoms. The molecule has 0 amide bonds. The maximum atomic E-state index is 14.5. The molecule has 8 atom stereocenters. The van der Waals surface area contributed by atoms with Gasteiger partial charge in [-0.1, -0.05) is 0 Å². The number of aliphatic hydroxyl groups is 16. The van der Waals surface area contributed by atoms with Crippen LogP contribution >= 0.6 is 0 Å². The van der Waals surface area contributed by atoms with Crippen molar-refractivity contribution in [1.29, 1.82) is 0 Å². The van der Waals surface area contributed by atoms with Crippen LogP contribution in [0.15, 0.2) is 0 Å². The minimum absolute atomic E-state index is 0.900. The van der Waals surface area contributed by atoms with Gasteiger partial charge in [-0.3, -0.25) is 67.1 Å². The molecule has 0 spiro atoms. The highest BCUT2D eigenvalue weighted by Crippen LogP contribution is 2.34. The lowest BCUT2D eigenvalue weighted by molar-refractivity contribution is -0.189. The molecular weight excluding hydrogens is 1560 g/mol. The average molecular weight is 1670 g/mol. The second-order valence-electron chi connectivity index (χ2n) is 31.8. The molecule has 0 aromatic rings. The summed E-state index contributed by atoms with van der Waals surface area (Å²) >= 11 is 0. The summed E-state index contributed by atoms with van der Waals surface area (Å²) in [6.07, 6.45) is 0. The standard InChI is InChI=1S/C71H116O44/c1-59(18-73,19-74)46(89)104-17-44(16-72)45(88)105-38-69(11,39-112-53(96)66(8,30-85)35-108-49(92)62(4,24-79)25-80)58(101)115-43-70(12,40-111-50(93)63(5,26-81)27-82)56(99)102-14-15-103-57(100)71(13,41-113-54(97)67(9,31-86)36-109-51(94)64(6,28-83)33-106-47(90)60(2,20-75)21-76)42-114-55(98)68(10,32-87)37-110-52(95)65(7,29-84)34-107-48(91)61(3,22-77)23-78/h44,72-87H,14-43H2,1-13H3. The largest absolute Gasteiger partial charge is 0.464 e. The van der Waals surface area contributed by atoms with Crippen molar-refractivity contribution in [2.24, 2.45) is 76.3 Å². The van der Waals surface area contributed by atoms with Crippen LogP contribution < -0.4 is 0 Å². The van der Waals surface area contributed by atoms with Crippen LogP contribution in [0.4, 0.5) is 0 Å². The van der Waals surface area contributed by atoms with Crippen LogP contribution in [0.25, 0.3) is 0 Å². The molecule has 0 saturated carbocycles. The molecule has 0 aliphatic rings. The van der Waals surface area contributed by atoms with E-state index in [0.717, 1.165) is 90.0 Å². The molecule has 0 fully saturated rings. The molecule has 0 aromatic carbocycles. The van der Waals surface area contributed by atoms with Crippen molar-refractivity contribution in [3.63, 3.8) is 0 Å². The van der Waals surface area contributed by atoms with Gasteiger partial charge in [0.05, 0.1) is 106 Å². The second kappa shape index (κ2) is 46.2. The molecule has 0 bridgehead atoms. The summed E-state index contributed by atoms with van der Waals surface area (Å²) in [7, 11) is 0. The molecule has 0 saturated heterocycles. The molecule has 664 valence electrons. The van der Waals surface area contributed by atoms with Crippen molar-refractivity contribution in [2.45, 2.75) is 90.0 Å². The number of ether oxygens (including phenoxy) is 14. The Balaban J connectivity index is 7.70. The molecular formula is C71H116O44. The van der Waals surface area contributed by atoms with Crippen molar-refractivity contribution in [3.05, 3.63) is 0 Å². The number of hydrogen-bond donors (Lipinski definition) is 16. The van der Waals surface area contributed by atoms with Gasteiger partial charge >= 0.3 is 83.6 Å². The number of carbonyl (C=O) groups is 14. The first-order valence-corrected chi connectivity index (χ1v) is 35.4. The van der Waals surface area contributed by atoms with E-state index in [9.17, 15) is 149 Å². The zero-order valence-corrected chi connectivity index (χ0v) is 66.9. The van der Waals surface area contributed by atoms with Crippen LogP contribution in [0.5, 0.6) is 0 Å². The highest BCUT2D eigenvalue weighted by molar-refractivity contribution is 5.86. The van der Waals surface area contributed by atoms with E-state index in [1.54, 1.807) is 0 Å². The SMILES string of the molecule is CC(CO)(CO)C(=O)OCC(CO)C(=O)OCC(C)(COC(=O)C(C)(CO)COC(=O)C(C)(CO)CO)C(=O)OCC(C)(COC(=O)C(C)(CO)CO)C(=O)OCCOC(=O)C(C)(COC(=O)C(C)(CO)COC(=O)C(C)(CO)COC(=O)C(C)(CO)CO)COC(=O)C(C)(CO)COC(=O)C(C)(CO)COC(=O)C(C)(CO)CO. The molecule has 0 aliphatic heterocycles. The fourth-order valence-corrected chi connectivity index (χ4v) is 7.72. The number of aliphatic hydroxyl groups excluding tert-OH is 16. The maximum absolute atomic E-state index is 14.5. The van der Waals surface area contributed by atoms with Gasteiger partial charge in [0.15, 0.2) is 0 Å². The molecule has 8 unspecified atom stereocenters. The third-order valence-corrected chi connectivity index (χ3v) is 18.9. The van der Waals surface area contributed by atoms with Gasteiger partial charge in [-0.15, -0.1) is 0 Å². The molecule has 44 nitrogen and oxygen atoms in total. The van der Waals surface area contributed by atoms with Crippen LogP contribution in [0.1, 0.15) is 90.0 Å². The lowest BCUT2D eigenvalue weighted by atomic mass is 9.89. The summed E-state index contributed by atoms with van der Waals surface area (Å²) in [4.78, 5) is 190. The van der Waals surface area contributed by atoms with Gasteiger partial charge in [-0.05, 0) is 90.0 Å². The summed E-state index contributed by atoms with van der Waals surface area (Å²) in [6.45, 7) is -18.4. The first-order valence-electron chi connectivity index (χ1n) is 35.4. The first-order chi connectivity index (χ1) is 53.2. The second-order valence-corrected chi connectivity index (χ2v) is 31.8. The Bertz CT molecular complexity index is 3150. The topological polar surface area (TPSA) is 692 Å². The molecule has 0 aliphatic carbocycles. The lowest BCUT2D eigenvalue weighted by Crippen LogP contribution is -2.48. The van der Waals surface area contributed by atoms with E-state index in [-0.39, 0.29) is 0 Å². The first kappa shape index (κ1) is 107. The zero-order chi connectivity index (χ0) is 89.3. The van der Waals surface area contributed by atoms with Crippen LogP contribution in [0.2, 0.25) is 0 Å². The Labute approximate surface area is 661 Å². The summed E-state index contributed by atoms with van der Waals surface area (Å²) in [6, 6.07) is 0. The van der Waals surface area contributed by atoms with Crippen molar-refractivity contribution >= 4 is 83.6 Å². The zero-order valence-electron chi connectivity index (χ0n) is 66.9. The minimum atomic E-state index is -2.50. The van der Waals surface area contributed by atoms with Gasteiger partial charge in [-0.25, -0.2) is 0 Å². The smallest absolute Gasteiger partial charge is 0.318 e. The Hall–Kier alpha value is -8.06. The van der Waals surface area contributed by atoms with Gasteiger partial charge in [-0.2, -0.15) is 0 Å². The summed E-state index contributed by atoms with van der Waals surface area (Å²) in [5.41, 5.74) is -28.0. The summed E-state index contributed by atoms with van der Waals surface area (Å²) in [5.74, 6) is -21.1. The van der Waals surface area contributed by atoms with Crippen molar-refractivity contribution < 1.29 is 215 Å². The Morgan fingerprint density at radius 2 is 0.313 bits per heavy atom. The molecule has 0 heterocycles. The van der Waals surface area contributed by atoms with E-state index in [1.165, 1.54) is 0 Å². The quantitative estimate of drug-likeness (QED) is 0.0153. The third-order valence-electron chi connectivity index (χ3n) is 18.9. The van der Waals surface area contributed by atoms with Crippen LogP contribution in [0.3, 0.4) is 0 Å². The van der Waals surface area contributed by atoms with Crippen LogP contribution in [-0.4, -0.2) is 363 Å². The highest BCUT2D eigenvalue weighted by atomic mass is 16.6. The van der Waals surface area contributed by atoms with Gasteiger partial charge in [0, 0.05) is 0 Å². The fraction of sp³-hybridized carbons (Fsp3) is 0.803. The van der Waals surface area contributed by atoms with Crippen molar-refractivity contribution in [3.8, 4) is 0 Å². The van der Waals surface area contributed by atoms with E-state index in [4.69, 9.17) is 66.3 Å². The number of hydrogen-bond acceptors (Lipinski definition) is 44. The fourth-order valence-electron chi connectivity index (χ4n) is 7.72. The maximum Gasteiger partial charge on any atom is 0.318 e. The van der Waals surface area contributed by atoms with Crippen LogP contribution in [0, 0.1) is 76.3 Å². The molecule has 0 radical (unpaired) electrons. The van der Waals surface area contributed by atoms with Gasteiger partial charge < -0.3 is 148 Å². The Morgan fingerprint density at radius 3 is 0.478 bits per heavy atom. The Kier molecular flexibility index (Phi) is 42.9. The van der Waals surface area contributed by atoms with Gasteiger partial charge in [0.1, 0.15) is 169 Å². The van der Waals surface area contributed by atoms with E-state index < -0.39 is 358 Å². The highest BCUT2D eigenvalue weighted by Gasteiger charge is 2.51. The summed E-state index contributed by atoms with van der Waals surface area (Å²) < 4.78 is 74.0.